The van der Waals surface area contributed by atoms with Gasteiger partial charge in [-0.25, -0.2) is 18.0 Å². The number of sulfone groups is 1. The normalized spacial score (nSPS) is 12.1. The Labute approximate surface area is 355 Å². The van der Waals surface area contributed by atoms with E-state index in [1.807, 2.05) is 86.3 Å². The number of allylic oxidation sites excluding steroid dienone is 2. The summed E-state index contributed by atoms with van der Waals surface area (Å²) in [6.07, 6.45) is 11.1. The molecule has 0 radical (unpaired) electrons. The first kappa shape index (κ1) is 46.9. The molecule has 0 N–H and O–H groups in total. The van der Waals surface area contributed by atoms with E-state index in [1.54, 1.807) is 37.4 Å². The number of rotatable bonds is 19. The van der Waals surface area contributed by atoms with Crippen LogP contribution in [0.1, 0.15) is 107 Å². The molecule has 11 heteroatoms. The van der Waals surface area contributed by atoms with Crippen molar-refractivity contribution in [3.63, 3.8) is 0 Å². The lowest BCUT2D eigenvalue weighted by Gasteiger charge is -2.14. The summed E-state index contributed by atoms with van der Waals surface area (Å²) in [6, 6.07) is 27.6. The molecule has 0 saturated carbocycles. The van der Waals surface area contributed by atoms with Crippen LogP contribution >= 0.6 is 0 Å². The van der Waals surface area contributed by atoms with Gasteiger partial charge >= 0.3 is 11.9 Å². The Morgan fingerprint density at radius 2 is 1.35 bits per heavy atom. The molecular formula is C49H59N3O7S. The Kier molecular flexibility index (Phi) is 18.0. The molecule has 1 heterocycles. The largest absolute Gasteiger partial charge is 0.462 e. The molecule has 0 aliphatic heterocycles. The van der Waals surface area contributed by atoms with Gasteiger partial charge in [0.25, 0.3) is 0 Å². The molecule has 318 valence electrons. The molecule has 0 aliphatic carbocycles. The lowest BCUT2D eigenvalue weighted by atomic mass is 9.97. The van der Waals surface area contributed by atoms with Gasteiger partial charge in [-0.2, -0.15) is 0 Å². The van der Waals surface area contributed by atoms with Crippen molar-refractivity contribution in [3.8, 4) is 0 Å². The fourth-order valence-electron chi connectivity index (χ4n) is 6.78. The monoisotopic (exact) mass is 833 g/mol. The zero-order chi connectivity index (χ0) is 43.7. The van der Waals surface area contributed by atoms with Crippen molar-refractivity contribution in [1.82, 2.24) is 9.47 Å². The number of unbranched alkanes of at least 4 members (excludes halogenated alkanes) is 5. The standard InChI is InChI=1S/C26H24N2O3.C23H35NO4S/c1-5-28-24-12-10-19(17(3)27-31-18(4)29)14-22(24)23-15-20(11-13-25(23)28)26(30)21-9-7-6-8-16(21)2;1-4-7-8-9-10-14-20-28-23(25)22(18-15-19-24(5-2)6-3)29(26,27)21-16-12-11-13-17-21/h6-15H,5H2,1-4H3;11-13,15-19H,4-10,14,20H2,1-3H3/b27-17+;19-15+,22-18-. The summed E-state index contributed by atoms with van der Waals surface area (Å²) in [7, 11) is -3.95. The van der Waals surface area contributed by atoms with Crippen molar-refractivity contribution in [2.24, 2.45) is 5.16 Å². The van der Waals surface area contributed by atoms with E-state index in [4.69, 9.17) is 9.57 Å². The third kappa shape index (κ3) is 12.4. The second kappa shape index (κ2) is 23.1. The van der Waals surface area contributed by atoms with Gasteiger partial charge in [0.15, 0.2) is 10.7 Å². The van der Waals surface area contributed by atoms with Crippen molar-refractivity contribution in [3.05, 3.63) is 137 Å². The number of hydrogen-bond donors (Lipinski definition) is 0. The van der Waals surface area contributed by atoms with Crippen LogP contribution in [0.25, 0.3) is 21.8 Å². The predicted molar refractivity (Wildman–Crippen MR) is 242 cm³/mol. The molecule has 0 fully saturated rings. The van der Waals surface area contributed by atoms with Gasteiger partial charge in [0.05, 0.1) is 17.2 Å². The number of fused-ring (bicyclic) bond motifs is 3. The number of carbonyl (C=O) groups excluding carboxylic acids is 3. The Morgan fingerprint density at radius 1 is 0.750 bits per heavy atom. The maximum absolute atomic E-state index is 13.2. The van der Waals surface area contributed by atoms with Gasteiger partial charge < -0.3 is 19.0 Å². The van der Waals surface area contributed by atoms with Crippen LogP contribution in [0.5, 0.6) is 0 Å². The highest BCUT2D eigenvalue weighted by atomic mass is 32.2. The molecule has 1 aromatic heterocycles. The molecule has 5 aromatic rings. The third-order valence-corrected chi connectivity index (χ3v) is 12.0. The van der Waals surface area contributed by atoms with Crippen LogP contribution in [0.15, 0.2) is 124 Å². The Bertz CT molecular complexity index is 2440. The van der Waals surface area contributed by atoms with Crippen LogP contribution < -0.4 is 0 Å². The van der Waals surface area contributed by atoms with Crippen molar-refractivity contribution < 1.29 is 32.4 Å². The summed E-state index contributed by atoms with van der Waals surface area (Å²) >= 11 is 0. The molecule has 0 bridgehead atoms. The fraction of sp³-hybridized carbons (Fsp3) is 0.347. The average molecular weight is 834 g/mol. The summed E-state index contributed by atoms with van der Waals surface area (Å²) in [6.45, 7) is 16.0. The van der Waals surface area contributed by atoms with E-state index in [1.165, 1.54) is 44.4 Å². The average Bonchev–Trinajstić information content (AvgIpc) is 3.57. The summed E-state index contributed by atoms with van der Waals surface area (Å²) in [5.41, 5.74) is 5.97. The van der Waals surface area contributed by atoms with Crippen molar-refractivity contribution >= 4 is 55.1 Å². The van der Waals surface area contributed by atoms with Crippen molar-refractivity contribution in [2.45, 2.75) is 98.4 Å². The number of esters is 1. The lowest BCUT2D eigenvalue weighted by molar-refractivity contribution is -0.141. The second-order valence-electron chi connectivity index (χ2n) is 14.4. The molecule has 5 rings (SSSR count). The van der Waals surface area contributed by atoms with Gasteiger partial charge in [-0.1, -0.05) is 92.7 Å². The van der Waals surface area contributed by atoms with Crippen LogP contribution in [0, 0.1) is 6.92 Å². The number of aromatic nitrogens is 1. The molecule has 0 aliphatic rings. The van der Waals surface area contributed by atoms with Crippen LogP contribution in [0.4, 0.5) is 0 Å². The quantitative estimate of drug-likeness (QED) is 0.0118. The minimum absolute atomic E-state index is 0.0150. The molecule has 0 spiro atoms. The number of nitrogens with zero attached hydrogens (tertiary/aromatic N) is 3. The first-order valence-corrected chi connectivity index (χ1v) is 22.3. The van der Waals surface area contributed by atoms with Crippen molar-refractivity contribution in [1.29, 1.82) is 0 Å². The summed E-state index contributed by atoms with van der Waals surface area (Å²) in [5.74, 6) is -1.24. The highest BCUT2D eigenvalue weighted by molar-refractivity contribution is 7.96. The second-order valence-corrected chi connectivity index (χ2v) is 16.3. The number of ketones is 1. The predicted octanol–water partition coefficient (Wildman–Crippen LogP) is 10.7. The molecule has 0 amide bonds. The maximum Gasteiger partial charge on any atom is 0.350 e. The van der Waals surface area contributed by atoms with Crippen LogP contribution in [0.3, 0.4) is 0 Å². The number of ether oxygens (including phenoxy) is 1. The van der Waals surface area contributed by atoms with E-state index in [0.717, 1.165) is 71.8 Å². The van der Waals surface area contributed by atoms with E-state index in [2.05, 4.69) is 23.6 Å². The minimum Gasteiger partial charge on any atom is -0.462 e. The van der Waals surface area contributed by atoms with Gasteiger partial charge in [-0.3, -0.25) is 4.79 Å². The summed E-state index contributed by atoms with van der Waals surface area (Å²) in [4.78, 5) is 43.4. The van der Waals surface area contributed by atoms with Crippen LogP contribution in [0.2, 0.25) is 0 Å². The SMILES string of the molecule is CCCCCCCCOC(=O)/C(=C/C=C/N(CC)CC)S(=O)(=O)c1ccccc1.CCn1c2ccc(C(=O)c3ccccc3C)cc2c2cc(/C(C)=N/OC(C)=O)ccc21. The van der Waals surface area contributed by atoms with E-state index >= 15 is 0 Å². The molecule has 60 heavy (non-hydrogen) atoms. The van der Waals surface area contributed by atoms with E-state index in [9.17, 15) is 22.8 Å². The van der Waals surface area contributed by atoms with Gasteiger partial charge in [-0.15, -0.1) is 0 Å². The zero-order valence-electron chi connectivity index (χ0n) is 36.1. The molecule has 0 atom stereocenters. The minimum atomic E-state index is -3.95. The van der Waals surface area contributed by atoms with Crippen LogP contribution in [-0.4, -0.2) is 61.0 Å². The molecule has 10 nitrogen and oxygen atoms in total. The first-order chi connectivity index (χ1) is 28.9. The van der Waals surface area contributed by atoms with Gasteiger partial charge in [0, 0.05) is 59.5 Å². The van der Waals surface area contributed by atoms with Gasteiger partial charge in [0.1, 0.15) is 0 Å². The molecule has 4 aromatic carbocycles. The Morgan fingerprint density at radius 3 is 1.97 bits per heavy atom. The van der Waals surface area contributed by atoms with E-state index in [-0.39, 0.29) is 22.2 Å². The molecular weight excluding hydrogens is 775 g/mol. The number of aryl methyl sites for hydroxylation is 2. The Hall–Kier alpha value is -5.81. The number of oxime groups is 1. The number of hydrogen-bond acceptors (Lipinski definition) is 9. The topological polar surface area (TPSA) is 124 Å². The highest BCUT2D eigenvalue weighted by Crippen LogP contribution is 2.32. The zero-order valence-corrected chi connectivity index (χ0v) is 36.9. The van der Waals surface area contributed by atoms with Crippen molar-refractivity contribution in [2.75, 3.05) is 19.7 Å². The van der Waals surface area contributed by atoms with Crippen LogP contribution in [-0.2, 0) is 35.5 Å². The molecule has 0 saturated heterocycles. The fourth-order valence-corrected chi connectivity index (χ4v) is 8.08. The summed E-state index contributed by atoms with van der Waals surface area (Å²) < 4.78 is 33.5. The maximum atomic E-state index is 13.2. The number of carbonyl (C=O) groups is 3. The van der Waals surface area contributed by atoms with Gasteiger partial charge in [-0.05, 0) is 113 Å². The summed E-state index contributed by atoms with van der Waals surface area (Å²) in [5, 5.41) is 5.95. The highest BCUT2D eigenvalue weighted by Gasteiger charge is 2.28. The molecule has 0 unspecified atom stereocenters. The van der Waals surface area contributed by atoms with E-state index in [0.29, 0.717) is 16.8 Å². The number of benzene rings is 4. The first-order valence-electron chi connectivity index (χ1n) is 20.9. The third-order valence-electron chi connectivity index (χ3n) is 10.2. The lowest BCUT2D eigenvalue weighted by Crippen LogP contribution is -2.18. The van der Waals surface area contributed by atoms with E-state index < -0.39 is 21.8 Å². The smallest absolute Gasteiger partial charge is 0.350 e. The van der Waals surface area contributed by atoms with Gasteiger partial charge in [0.2, 0.25) is 9.84 Å². The Balaban J connectivity index is 0.000000266.